The average Bonchev–Trinajstić information content (AvgIpc) is 2.59. The Labute approximate surface area is 78.2 Å². The van der Waals surface area contributed by atoms with E-state index in [1.54, 1.807) is 4.90 Å². The summed E-state index contributed by atoms with van der Waals surface area (Å²) in [6.45, 7) is 2.78. The van der Waals surface area contributed by atoms with Crippen LogP contribution >= 0.6 is 0 Å². The van der Waals surface area contributed by atoms with Gasteiger partial charge in [-0.25, -0.2) is 4.79 Å². The third kappa shape index (κ3) is 1.63. The number of hydrogen-bond acceptors (Lipinski definition) is 3. The Balaban J connectivity index is 1.94. The van der Waals surface area contributed by atoms with Gasteiger partial charge in [-0.15, -0.1) is 0 Å². The first-order chi connectivity index (χ1) is 6.31. The molecule has 2 heterocycles. The number of methoxy groups -OCH3 is 1. The van der Waals surface area contributed by atoms with Crippen molar-refractivity contribution in [1.29, 1.82) is 0 Å². The lowest BCUT2D eigenvalue weighted by Crippen LogP contribution is -2.41. The Hall–Kier alpha value is -0.770. The molecule has 2 aliphatic heterocycles. The maximum absolute atomic E-state index is 11.2. The summed E-state index contributed by atoms with van der Waals surface area (Å²) in [6.07, 6.45) is 2.29. The monoisotopic (exact) mass is 184 g/mol. The summed E-state index contributed by atoms with van der Waals surface area (Å²) in [5, 5.41) is 3.44. The highest BCUT2D eigenvalue weighted by molar-refractivity contribution is 5.67. The van der Waals surface area contributed by atoms with E-state index in [1.807, 2.05) is 0 Å². The summed E-state index contributed by atoms with van der Waals surface area (Å²) in [5.74, 6) is 0.646. The van der Waals surface area contributed by atoms with Crippen LogP contribution in [0.5, 0.6) is 0 Å². The van der Waals surface area contributed by atoms with Crippen molar-refractivity contribution in [1.82, 2.24) is 10.2 Å². The highest BCUT2D eigenvalue weighted by Crippen LogP contribution is 2.24. The number of amides is 1. The Kier molecular flexibility index (Phi) is 2.40. The van der Waals surface area contributed by atoms with Crippen LogP contribution in [0.3, 0.4) is 0 Å². The van der Waals surface area contributed by atoms with E-state index in [1.165, 1.54) is 20.0 Å². The normalized spacial score (nSPS) is 32.8. The van der Waals surface area contributed by atoms with E-state index in [0.29, 0.717) is 12.0 Å². The standard InChI is InChI=1S/C9H16N2O2/c1-13-9(12)11-5-7-3-2-4-10-8(7)6-11/h7-8,10H,2-6H2,1H3. The van der Waals surface area contributed by atoms with Crippen molar-refractivity contribution < 1.29 is 9.53 Å². The van der Waals surface area contributed by atoms with Crippen molar-refractivity contribution in [3.05, 3.63) is 0 Å². The van der Waals surface area contributed by atoms with Gasteiger partial charge < -0.3 is 15.0 Å². The van der Waals surface area contributed by atoms with Crippen LogP contribution in [0.2, 0.25) is 0 Å². The van der Waals surface area contributed by atoms with Gasteiger partial charge in [-0.1, -0.05) is 0 Å². The first-order valence-corrected chi connectivity index (χ1v) is 4.87. The van der Waals surface area contributed by atoms with E-state index in [4.69, 9.17) is 4.74 Å². The predicted octanol–water partition coefficient (Wildman–Crippen LogP) is 0.437. The zero-order chi connectivity index (χ0) is 9.26. The number of fused-ring (bicyclic) bond motifs is 1. The van der Waals surface area contributed by atoms with E-state index in [0.717, 1.165) is 19.6 Å². The van der Waals surface area contributed by atoms with Gasteiger partial charge in [0.2, 0.25) is 0 Å². The summed E-state index contributed by atoms with van der Waals surface area (Å²) < 4.78 is 4.70. The highest BCUT2D eigenvalue weighted by atomic mass is 16.5. The lowest BCUT2D eigenvalue weighted by atomic mass is 9.94. The van der Waals surface area contributed by atoms with Crippen LogP contribution in [0.15, 0.2) is 0 Å². The van der Waals surface area contributed by atoms with Crippen molar-refractivity contribution in [3.63, 3.8) is 0 Å². The van der Waals surface area contributed by atoms with Crippen LogP contribution in [0.1, 0.15) is 12.8 Å². The zero-order valence-corrected chi connectivity index (χ0v) is 7.95. The molecule has 0 saturated carbocycles. The fourth-order valence-electron chi connectivity index (χ4n) is 2.32. The molecule has 0 aromatic heterocycles. The summed E-state index contributed by atoms with van der Waals surface area (Å²) in [6, 6.07) is 0.507. The third-order valence-corrected chi connectivity index (χ3v) is 3.03. The first kappa shape index (κ1) is 8.81. The van der Waals surface area contributed by atoms with Crippen LogP contribution in [0.4, 0.5) is 4.79 Å². The maximum atomic E-state index is 11.2. The summed E-state index contributed by atoms with van der Waals surface area (Å²) >= 11 is 0. The fourth-order valence-corrected chi connectivity index (χ4v) is 2.32. The molecule has 1 amide bonds. The van der Waals surface area contributed by atoms with E-state index >= 15 is 0 Å². The minimum absolute atomic E-state index is 0.184. The molecule has 4 heteroatoms. The summed E-state index contributed by atoms with van der Waals surface area (Å²) in [5.41, 5.74) is 0. The van der Waals surface area contributed by atoms with E-state index < -0.39 is 0 Å². The zero-order valence-electron chi connectivity index (χ0n) is 7.95. The Morgan fingerprint density at radius 2 is 2.38 bits per heavy atom. The molecule has 0 bridgehead atoms. The van der Waals surface area contributed by atoms with Crippen LogP contribution in [-0.4, -0.2) is 43.8 Å². The maximum Gasteiger partial charge on any atom is 0.409 e. The second-order valence-electron chi connectivity index (χ2n) is 3.84. The number of nitrogens with zero attached hydrogens (tertiary/aromatic N) is 1. The molecule has 2 rings (SSSR count). The van der Waals surface area contributed by atoms with Gasteiger partial charge in [0, 0.05) is 19.1 Å². The smallest absolute Gasteiger partial charge is 0.409 e. The number of nitrogens with one attached hydrogen (secondary N) is 1. The van der Waals surface area contributed by atoms with Crippen molar-refractivity contribution in [2.45, 2.75) is 18.9 Å². The number of likely N-dealkylation sites (tertiary alicyclic amines) is 1. The highest BCUT2D eigenvalue weighted by Gasteiger charge is 2.36. The van der Waals surface area contributed by atoms with E-state index in [2.05, 4.69) is 5.32 Å². The van der Waals surface area contributed by atoms with E-state index in [9.17, 15) is 4.79 Å². The molecule has 0 aliphatic carbocycles. The number of carbonyl (C=O) groups excluding carboxylic acids is 1. The molecule has 0 radical (unpaired) electrons. The number of hydrogen-bond donors (Lipinski definition) is 1. The Morgan fingerprint density at radius 1 is 1.54 bits per heavy atom. The molecular formula is C9H16N2O2. The molecule has 0 spiro atoms. The minimum atomic E-state index is -0.184. The molecule has 4 nitrogen and oxygen atoms in total. The molecule has 2 saturated heterocycles. The molecule has 2 atom stereocenters. The second kappa shape index (κ2) is 3.54. The van der Waals surface area contributed by atoms with Crippen LogP contribution in [0.25, 0.3) is 0 Å². The minimum Gasteiger partial charge on any atom is -0.453 e. The topological polar surface area (TPSA) is 41.6 Å². The number of piperidine rings is 1. The first-order valence-electron chi connectivity index (χ1n) is 4.87. The van der Waals surface area contributed by atoms with Crippen LogP contribution < -0.4 is 5.32 Å². The summed E-state index contributed by atoms with van der Waals surface area (Å²) in [7, 11) is 1.44. The molecule has 0 aromatic carbocycles. The summed E-state index contributed by atoms with van der Waals surface area (Å²) in [4.78, 5) is 13.0. The van der Waals surface area contributed by atoms with Gasteiger partial charge in [-0.2, -0.15) is 0 Å². The molecule has 1 N–H and O–H groups in total. The Bertz CT molecular complexity index is 194. The number of carbonyl (C=O) groups is 1. The van der Waals surface area contributed by atoms with E-state index in [-0.39, 0.29) is 6.09 Å². The fraction of sp³-hybridized carbons (Fsp3) is 0.889. The lowest BCUT2D eigenvalue weighted by molar-refractivity contribution is 0.131. The van der Waals surface area contributed by atoms with Gasteiger partial charge in [0.1, 0.15) is 0 Å². The van der Waals surface area contributed by atoms with Crippen molar-refractivity contribution in [2.24, 2.45) is 5.92 Å². The van der Waals surface area contributed by atoms with Crippen molar-refractivity contribution in [3.8, 4) is 0 Å². The van der Waals surface area contributed by atoms with Gasteiger partial charge in [-0.3, -0.25) is 0 Å². The van der Waals surface area contributed by atoms with Gasteiger partial charge in [0.25, 0.3) is 0 Å². The molecule has 2 aliphatic rings. The SMILES string of the molecule is COC(=O)N1CC2CCCNC2C1. The van der Waals surface area contributed by atoms with Gasteiger partial charge in [0.15, 0.2) is 0 Å². The molecule has 2 unspecified atom stereocenters. The van der Waals surface area contributed by atoms with Crippen LogP contribution in [-0.2, 0) is 4.74 Å². The number of rotatable bonds is 0. The van der Waals surface area contributed by atoms with Gasteiger partial charge in [-0.05, 0) is 25.3 Å². The van der Waals surface area contributed by atoms with Crippen molar-refractivity contribution in [2.75, 3.05) is 26.7 Å². The Morgan fingerprint density at radius 3 is 3.08 bits per heavy atom. The molecular weight excluding hydrogens is 168 g/mol. The lowest BCUT2D eigenvalue weighted by Gasteiger charge is -2.24. The molecule has 13 heavy (non-hydrogen) atoms. The van der Waals surface area contributed by atoms with Gasteiger partial charge in [0.05, 0.1) is 7.11 Å². The molecule has 0 aromatic rings. The largest absolute Gasteiger partial charge is 0.453 e. The van der Waals surface area contributed by atoms with Crippen LogP contribution in [0, 0.1) is 5.92 Å². The number of ether oxygens (including phenoxy) is 1. The average molecular weight is 184 g/mol. The third-order valence-electron chi connectivity index (χ3n) is 3.03. The van der Waals surface area contributed by atoms with Gasteiger partial charge >= 0.3 is 6.09 Å². The predicted molar refractivity (Wildman–Crippen MR) is 48.5 cm³/mol. The quantitative estimate of drug-likeness (QED) is 0.594. The van der Waals surface area contributed by atoms with Crippen molar-refractivity contribution >= 4 is 6.09 Å². The molecule has 74 valence electrons. The second-order valence-corrected chi connectivity index (χ2v) is 3.84. The molecule has 2 fully saturated rings.